The van der Waals surface area contributed by atoms with Gasteiger partial charge in [0.25, 0.3) is 0 Å². The summed E-state index contributed by atoms with van der Waals surface area (Å²) in [6.07, 6.45) is 1.11. The van der Waals surface area contributed by atoms with E-state index in [0.717, 1.165) is 32.1 Å². The second kappa shape index (κ2) is 13.3. The van der Waals surface area contributed by atoms with E-state index in [0.29, 0.717) is 12.5 Å². The molecule has 0 amide bonds. The summed E-state index contributed by atoms with van der Waals surface area (Å²) in [5.74, 6) is 1.49. The van der Waals surface area contributed by atoms with Gasteiger partial charge in [-0.1, -0.05) is 26.0 Å². The van der Waals surface area contributed by atoms with Crippen LogP contribution in [-0.4, -0.2) is 46.9 Å². The highest BCUT2D eigenvalue weighted by Gasteiger charge is 2.00. The van der Waals surface area contributed by atoms with Crippen molar-refractivity contribution >= 4 is 35.6 Å². The molecule has 0 saturated carbocycles. The van der Waals surface area contributed by atoms with Gasteiger partial charge in [0.05, 0.1) is 6.61 Å². The second-order valence-corrected chi connectivity index (χ2v) is 6.21. The minimum absolute atomic E-state index is 0. The molecule has 138 valence electrons. The van der Waals surface area contributed by atoms with Crippen LogP contribution >= 0.6 is 24.0 Å². The van der Waals surface area contributed by atoms with Gasteiger partial charge >= 0.3 is 0 Å². The van der Waals surface area contributed by atoms with Crippen LogP contribution in [0.5, 0.6) is 0 Å². The first-order chi connectivity index (χ1) is 11.0. The van der Waals surface area contributed by atoms with Crippen LogP contribution in [0.25, 0.3) is 0 Å². The fraction of sp³-hybridized carbons (Fsp3) is 0.611. The SMILES string of the molecule is CN=C(NCCOCCC(C)C)NCc1ccc(N(C)C)cc1.I. The molecule has 1 aromatic rings. The molecule has 0 heterocycles. The van der Waals surface area contributed by atoms with E-state index >= 15 is 0 Å². The van der Waals surface area contributed by atoms with Gasteiger partial charge in [0.1, 0.15) is 0 Å². The lowest BCUT2D eigenvalue weighted by Gasteiger charge is -2.14. The number of nitrogens with one attached hydrogen (secondary N) is 2. The van der Waals surface area contributed by atoms with Crippen LogP contribution in [-0.2, 0) is 11.3 Å². The first-order valence-corrected chi connectivity index (χ1v) is 8.31. The molecule has 1 rings (SSSR count). The standard InChI is InChI=1S/C18H32N4O.HI/c1-15(2)10-12-23-13-11-20-18(19-3)21-14-16-6-8-17(9-7-16)22(4)5;/h6-9,15H,10-14H2,1-5H3,(H2,19,20,21);1H. The topological polar surface area (TPSA) is 48.9 Å². The Labute approximate surface area is 164 Å². The molecule has 0 atom stereocenters. The minimum Gasteiger partial charge on any atom is -0.380 e. The Morgan fingerprint density at radius 2 is 1.79 bits per heavy atom. The lowest BCUT2D eigenvalue weighted by atomic mass is 10.1. The number of aliphatic imine (C=N–C) groups is 1. The molecule has 0 saturated heterocycles. The van der Waals surface area contributed by atoms with E-state index in [1.54, 1.807) is 7.05 Å². The van der Waals surface area contributed by atoms with Crippen LogP contribution in [0.1, 0.15) is 25.8 Å². The van der Waals surface area contributed by atoms with Crippen molar-refractivity contribution in [1.82, 2.24) is 10.6 Å². The van der Waals surface area contributed by atoms with Gasteiger partial charge in [-0.25, -0.2) is 0 Å². The number of anilines is 1. The van der Waals surface area contributed by atoms with Crippen LogP contribution in [0.2, 0.25) is 0 Å². The van der Waals surface area contributed by atoms with Crippen molar-refractivity contribution in [1.29, 1.82) is 0 Å². The zero-order valence-corrected chi connectivity index (χ0v) is 18.0. The van der Waals surface area contributed by atoms with Gasteiger partial charge < -0.3 is 20.3 Å². The number of hydrogen-bond donors (Lipinski definition) is 2. The lowest BCUT2D eigenvalue weighted by molar-refractivity contribution is 0.128. The summed E-state index contributed by atoms with van der Waals surface area (Å²) in [5, 5.41) is 6.58. The smallest absolute Gasteiger partial charge is 0.191 e. The highest BCUT2D eigenvalue weighted by Crippen LogP contribution is 2.11. The summed E-state index contributed by atoms with van der Waals surface area (Å²) in [6.45, 7) is 7.45. The molecule has 0 bridgehead atoms. The third kappa shape index (κ3) is 9.97. The number of guanidine groups is 1. The second-order valence-electron chi connectivity index (χ2n) is 6.21. The maximum absolute atomic E-state index is 5.59. The Balaban J connectivity index is 0.00000529. The van der Waals surface area contributed by atoms with Crippen LogP contribution in [0.3, 0.4) is 0 Å². The summed E-state index contributed by atoms with van der Waals surface area (Å²) in [7, 11) is 5.87. The Hall–Kier alpha value is -1.02. The minimum atomic E-state index is 0. The molecule has 0 radical (unpaired) electrons. The summed E-state index contributed by atoms with van der Waals surface area (Å²) in [5.41, 5.74) is 2.43. The van der Waals surface area contributed by atoms with E-state index in [-0.39, 0.29) is 24.0 Å². The molecular weight excluding hydrogens is 415 g/mol. The fourth-order valence-corrected chi connectivity index (χ4v) is 1.98. The van der Waals surface area contributed by atoms with Crippen molar-refractivity contribution in [2.24, 2.45) is 10.9 Å². The van der Waals surface area contributed by atoms with Crippen molar-refractivity contribution in [3.63, 3.8) is 0 Å². The zero-order chi connectivity index (χ0) is 17.1. The molecule has 1 aromatic carbocycles. The summed E-state index contributed by atoms with van der Waals surface area (Å²) >= 11 is 0. The van der Waals surface area contributed by atoms with E-state index in [2.05, 4.69) is 58.6 Å². The molecule has 0 fully saturated rings. The van der Waals surface area contributed by atoms with Crippen molar-refractivity contribution in [2.45, 2.75) is 26.8 Å². The molecule has 0 aliphatic carbocycles. The van der Waals surface area contributed by atoms with Gasteiger partial charge in [-0.2, -0.15) is 0 Å². The van der Waals surface area contributed by atoms with E-state index < -0.39 is 0 Å². The van der Waals surface area contributed by atoms with E-state index in [4.69, 9.17) is 4.74 Å². The predicted octanol–water partition coefficient (Wildman–Crippen LogP) is 3.10. The zero-order valence-electron chi connectivity index (χ0n) is 15.6. The Morgan fingerprint density at radius 1 is 1.12 bits per heavy atom. The van der Waals surface area contributed by atoms with E-state index in [1.807, 2.05) is 14.1 Å². The molecule has 0 aliphatic heterocycles. The quantitative estimate of drug-likeness (QED) is 0.264. The molecular formula is C18H33IN4O. The Morgan fingerprint density at radius 3 is 2.33 bits per heavy atom. The third-order valence-corrected chi connectivity index (χ3v) is 3.51. The van der Waals surface area contributed by atoms with Crippen LogP contribution < -0.4 is 15.5 Å². The first-order valence-electron chi connectivity index (χ1n) is 8.31. The van der Waals surface area contributed by atoms with Crippen LogP contribution in [0.4, 0.5) is 5.69 Å². The maximum atomic E-state index is 5.59. The molecule has 24 heavy (non-hydrogen) atoms. The van der Waals surface area contributed by atoms with Gasteiger partial charge in [-0.05, 0) is 30.0 Å². The van der Waals surface area contributed by atoms with E-state index in [9.17, 15) is 0 Å². The summed E-state index contributed by atoms with van der Waals surface area (Å²) < 4.78 is 5.59. The Kier molecular flexibility index (Phi) is 12.7. The highest BCUT2D eigenvalue weighted by atomic mass is 127. The maximum Gasteiger partial charge on any atom is 0.191 e. The van der Waals surface area contributed by atoms with Gasteiger partial charge in [0.2, 0.25) is 0 Å². The van der Waals surface area contributed by atoms with Crippen LogP contribution in [0.15, 0.2) is 29.3 Å². The average molecular weight is 448 g/mol. The molecule has 5 nitrogen and oxygen atoms in total. The summed E-state index contributed by atoms with van der Waals surface area (Å²) in [6, 6.07) is 8.50. The fourth-order valence-electron chi connectivity index (χ4n) is 1.98. The van der Waals surface area contributed by atoms with Crippen molar-refractivity contribution in [3.05, 3.63) is 29.8 Å². The van der Waals surface area contributed by atoms with Gasteiger partial charge in [-0.3, -0.25) is 4.99 Å². The first kappa shape index (κ1) is 23.0. The highest BCUT2D eigenvalue weighted by molar-refractivity contribution is 14.0. The molecule has 0 unspecified atom stereocenters. The Bertz CT molecular complexity index is 461. The number of nitrogens with zero attached hydrogens (tertiary/aromatic N) is 2. The molecule has 6 heteroatoms. The average Bonchev–Trinajstić information content (AvgIpc) is 2.53. The van der Waals surface area contributed by atoms with Crippen LogP contribution in [0, 0.1) is 5.92 Å². The number of benzene rings is 1. The van der Waals surface area contributed by atoms with Crippen molar-refractivity contribution in [2.75, 3.05) is 45.8 Å². The normalized spacial score (nSPS) is 11.2. The summed E-state index contributed by atoms with van der Waals surface area (Å²) in [4.78, 5) is 6.32. The van der Waals surface area contributed by atoms with Crippen molar-refractivity contribution < 1.29 is 4.74 Å². The lowest BCUT2D eigenvalue weighted by Crippen LogP contribution is -2.38. The number of ether oxygens (including phenoxy) is 1. The number of hydrogen-bond acceptors (Lipinski definition) is 3. The van der Waals surface area contributed by atoms with Gasteiger partial charge in [0, 0.05) is 46.5 Å². The largest absolute Gasteiger partial charge is 0.380 e. The van der Waals surface area contributed by atoms with Gasteiger partial charge in [-0.15, -0.1) is 24.0 Å². The monoisotopic (exact) mass is 448 g/mol. The molecule has 0 spiro atoms. The number of rotatable bonds is 9. The molecule has 0 aliphatic rings. The van der Waals surface area contributed by atoms with Gasteiger partial charge in [0.15, 0.2) is 5.96 Å². The predicted molar refractivity (Wildman–Crippen MR) is 115 cm³/mol. The number of halogens is 1. The van der Waals surface area contributed by atoms with E-state index in [1.165, 1.54) is 11.3 Å². The molecule has 0 aromatic heterocycles. The molecule has 2 N–H and O–H groups in total. The van der Waals surface area contributed by atoms with Crippen molar-refractivity contribution in [3.8, 4) is 0 Å². The third-order valence-electron chi connectivity index (χ3n) is 3.51.